The number of ether oxygens (including phenoxy) is 1. The Balaban J connectivity index is 1.95. The van der Waals surface area contributed by atoms with Crippen LogP contribution in [0, 0.1) is 0 Å². The molecule has 0 saturated heterocycles. The van der Waals surface area contributed by atoms with Gasteiger partial charge in [0, 0.05) is 5.56 Å². The maximum absolute atomic E-state index is 13.0. The minimum Gasteiger partial charge on any atom is -0.496 e. The van der Waals surface area contributed by atoms with Crippen LogP contribution in [-0.4, -0.2) is 31.4 Å². The molecule has 0 aliphatic rings. The third-order valence-corrected chi connectivity index (χ3v) is 4.36. The molecule has 0 unspecified atom stereocenters. The van der Waals surface area contributed by atoms with Gasteiger partial charge in [-0.05, 0) is 23.8 Å². The highest BCUT2D eigenvalue weighted by Crippen LogP contribution is 2.23. The number of fused-ring (bicyclic) bond motifs is 3. The van der Waals surface area contributed by atoms with E-state index in [9.17, 15) is 9.90 Å². The number of aliphatic hydroxyl groups is 1. The second-order valence-electron chi connectivity index (χ2n) is 5.84. The Morgan fingerprint density at radius 1 is 1.19 bits per heavy atom. The SMILES string of the molecule is COc1cccc(CO)c1Cn1nc2c(N)nc3ccccc3n2c1=O. The highest BCUT2D eigenvalue weighted by Gasteiger charge is 2.17. The normalized spacial score (nSPS) is 11.3. The third kappa shape index (κ3) is 2.39. The molecule has 0 amide bonds. The van der Waals surface area contributed by atoms with Crippen LogP contribution < -0.4 is 16.2 Å². The van der Waals surface area contributed by atoms with Gasteiger partial charge < -0.3 is 15.6 Å². The van der Waals surface area contributed by atoms with Gasteiger partial charge in [-0.15, -0.1) is 5.10 Å². The van der Waals surface area contributed by atoms with Crippen LogP contribution in [0.1, 0.15) is 11.1 Å². The summed E-state index contributed by atoms with van der Waals surface area (Å²) in [6.07, 6.45) is 0. The molecule has 2 aromatic heterocycles. The van der Waals surface area contributed by atoms with E-state index in [1.807, 2.05) is 12.1 Å². The van der Waals surface area contributed by atoms with Crippen LogP contribution in [-0.2, 0) is 13.2 Å². The molecule has 132 valence electrons. The monoisotopic (exact) mass is 351 g/mol. The lowest BCUT2D eigenvalue weighted by molar-refractivity contribution is 0.279. The highest BCUT2D eigenvalue weighted by atomic mass is 16.5. The van der Waals surface area contributed by atoms with Crippen molar-refractivity contribution in [3.8, 4) is 5.75 Å². The molecular weight excluding hydrogens is 334 g/mol. The first kappa shape index (κ1) is 16.1. The molecule has 0 bridgehead atoms. The molecular formula is C18H17N5O3. The van der Waals surface area contributed by atoms with E-state index in [4.69, 9.17) is 10.5 Å². The number of nitrogens with two attached hydrogens (primary N) is 1. The molecule has 3 N–H and O–H groups in total. The van der Waals surface area contributed by atoms with Gasteiger partial charge in [0.1, 0.15) is 5.75 Å². The molecule has 8 nitrogen and oxygen atoms in total. The molecule has 4 aromatic rings. The number of hydrogen-bond donors (Lipinski definition) is 2. The molecule has 0 spiro atoms. The van der Waals surface area contributed by atoms with Gasteiger partial charge in [0.05, 0.1) is 31.3 Å². The number of aliphatic hydroxyl groups excluding tert-OH is 1. The molecule has 4 rings (SSSR count). The molecule has 2 aromatic carbocycles. The first-order valence-electron chi connectivity index (χ1n) is 8.03. The number of anilines is 1. The fourth-order valence-corrected chi connectivity index (χ4v) is 3.10. The number of benzene rings is 2. The maximum atomic E-state index is 13.0. The minimum absolute atomic E-state index is 0.147. The second-order valence-corrected chi connectivity index (χ2v) is 5.84. The van der Waals surface area contributed by atoms with Gasteiger partial charge in [0.25, 0.3) is 0 Å². The lowest BCUT2D eigenvalue weighted by Crippen LogP contribution is -2.23. The number of methoxy groups -OCH3 is 1. The first-order chi connectivity index (χ1) is 12.6. The Bertz CT molecular complexity index is 1160. The van der Waals surface area contributed by atoms with Crippen molar-refractivity contribution in [1.82, 2.24) is 19.2 Å². The van der Waals surface area contributed by atoms with Crippen LogP contribution in [0.15, 0.2) is 47.3 Å². The quantitative estimate of drug-likeness (QED) is 0.571. The Labute approximate surface area is 148 Å². The Hall–Kier alpha value is -3.39. The summed E-state index contributed by atoms with van der Waals surface area (Å²) in [5, 5.41) is 14.0. The van der Waals surface area contributed by atoms with Crippen LogP contribution in [0.2, 0.25) is 0 Å². The van der Waals surface area contributed by atoms with Crippen LogP contribution in [0.4, 0.5) is 5.82 Å². The van der Waals surface area contributed by atoms with Gasteiger partial charge in [-0.25, -0.2) is 18.9 Å². The van der Waals surface area contributed by atoms with Crippen molar-refractivity contribution in [2.45, 2.75) is 13.2 Å². The Kier molecular flexibility index (Phi) is 3.81. The fourth-order valence-electron chi connectivity index (χ4n) is 3.10. The van der Waals surface area contributed by atoms with Gasteiger partial charge in [-0.3, -0.25) is 0 Å². The summed E-state index contributed by atoms with van der Waals surface area (Å²) in [6.45, 7) is -0.0184. The molecule has 8 heteroatoms. The topological polar surface area (TPSA) is 108 Å². The van der Waals surface area contributed by atoms with Crippen LogP contribution >= 0.6 is 0 Å². The average Bonchev–Trinajstić information content (AvgIpc) is 2.99. The van der Waals surface area contributed by atoms with E-state index in [-0.39, 0.29) is 24.7 Å². The maximum Gasteiger partial charge on any atom is 0.351 e. The van der Waals surface area contributed by atoms with E-state index in [1.165, 1.54) is 9.08 Å². The molecule has 2 heterocycles. The van der Waals surface area contributed by atoms with E-state index in [0.717, 1.165) is 0 Å². The van der Waals surface area contributed by atoms with Gasteiger partial charge >= 0.3 is 5.69 Å². The zero-order chi connectivity index (χ0) is 18.3. The Morgan fingerprint density at radius 2 is 2.00 bits per heavy atom. The summed E-state index contributed by atoms with van der Waals surface area (Å²) in [6, 6.07) is 12.6. The smallest absolute Gasteiger partial charge is 0.351 e. The third-order valence-electron chi connectivity index (χ3n) is 4.36. The fraction of sp³-hybridized carbons (Fsp3) is 0.167. The van der Waals surface area contributed by atoms with Crippen molar-refractivity contribution in [3.05, 3.63) is 64.1 Å². The van der Waals surface area contributed by atoms with E-state index in [0.29, 0.717) is 33.6 Å². The van der Waals surface area contributed by atoms with Gasteiger partial charge in [-0.2, -0.15) is 0 Å². The number of hydrogen-bond acceptors (Lipinski definition) is 6. The second kappa shape index (κ2) is 6.16. The summed E-state index contributed by atoms with van der Waals surface area (Å²) >= 11 is 0. The number of para-hydroxylation sites is 2. The lowest BCUT2D eigenvalue weighted by Gasteiger charge is -2.11. The van der Waals surface area contributed by atoms with Crippen molar-refractivity contribution < 1.29 is 9.84 Å². The van der Waals surface area contributed by atoms with E-state index in [2.05, 4.69) is 10.1 Å². The molecule has 0 radical (unpaired) electrons. The molecule has 0 saturated carbocycles. The van der Waals surface area contributed by atoms with Crippen molar-refractivity contribution in [2.24, 2.45) is 0 Å². The van der Waals surface area contributed by atoms with E-state index >= 15 is 0 Å². The summed E-state index contributed by atoms with van der Waals surface area (Å²) in [7, 11) is 1.54. The highest BCUT2D eigenvalue weighted by molar-refractivity contribution is 5.81. The number of aromatic nitrogens is 4. The zero-order valence-electron chi connectivity index (χ0n) is 14.1. The largest absolute Gasteiger partial charge is 0.496 e. The zero-order valence-corrected chi connectivity index (χ0v) is 14.1. The lowest BCUT2D eigenvalue weighted by atomic mass is 10.1. The van der Waals surface area contributed by atoms with Crippen LogP contribution in [0.5, 0.6) is 5.75 Å². The number of nitrogen functional groups attached to an aromatic ring is 1. The van der Waals surface area contributed by atoms with Gasteiger partial charge in [-0.1, -0.05) is 24.3 Å². The predicted octanol–water partition coefficient (Wildman–Crippen LogP) is 1.18. The first-order valence-corrected chi connectivity index (χ1v) is 8.03. The summed E-state index contributed by atoms with van der Waals surface area (Å²) in [5.74, 6) is 0.762. The minimum atomic E-state index is -0.333. The molecule has 0 aliphatic heterocycles. The predicted molar refractivity (Wildman–Crippen MR) is 97.2 cm³/mol. The van der Waals surface area contributed by atoms with E-state index < -0.39 is 0 Å². The van der Waals surface area contributed by atoms with Crippen molar-refractivity contribution in [2.75, 3.05) is 12.8 Å². The van der Waals surface area contributed by atoms with Crippen LogP contribution in [0.25, 0.3) is 16.7 Å². The summed E-state index contributed by atoms with van der Waals surface area (Å²) in [4.78, 5) is 17.3. The summed E-state index contributed by atoms with van der Waals surface area (Å²) < 4.78 is 8.12. The van der Waals surface area contributed by atoms with E-state index in [1.54, 1.807) is 37.4 Å². The number of rotatable bonds is 4. The van der Waals surface area contributed by atoms with Gasteiger partial charge in [0.2, 0.25) is 5.65 Å². The van der Waals surface area contributed by atoms with Crippen molar-refractivity contribution in [1.29, 1.82) is 0 Å². The van der Waals surface area contributed by atoms with Crippen LogP contribution in [0.3, 0.4) is 0 Å². The molecule has 26 heavy (non-hydrogen) atoms. The summed E-state index contributed by atoms with van der Waals surface area (Å²) in [5.41, 5.74) is 8.58. The molecule has 0 aliphatic carbocycles. The van der Waals surface area contributed by atoms with Crippen molar-refractivity contribution >= 4 is 22.5 Å². The molecule has 0 atom stereocenters. The standard InChI is InChI=1S/C18H17N5O3/c1-26-15-8-4-5-11(10-24)12(15)9-22-18(25)23-14-7-3-2-6-13(14)20-16(19)17(23)21-22/h2-8,24H,9-10H2,1H3,(H2,19,20). The van der Waals surface area contributed by atoms with Gasteiger partial charge in [0.15, 0.2) is 5.82 Å². The number of nitrogens with zero attached hydrogens (tertiary/aromatic N) is 4. The Morgan fingerprint density at radius 3 is 2.77 bits per heavy atom. The van der Waals surface area contributed by atoms with Crippen molar-refractivity contribution in [3.63, 3.8) is 0 Å². The molecule has 0 fully saturated rings. The average molecular weight is 351 g/mol.